The molecule has 9 heteroatoms. The van der Waals surface area contributed by atoms with Crippen LogP contribution >= 0.6 is 12.4 Å². The molecule has 1 spiro atoms. The predicted octanol–water partition coefficient (Wildman–Crippen LogP) is 4.00. The number of carboxylic acids is 1. The molecule has 3 fully saturated rings. The molecule has 206 valence electrons. The molecule has 1 aromatic carbocycles. The Bertz CT molecular complexity index is 911. The molecule has 37 heavy (non-hydrogen) atoms. The van der Waals surface area contributed by atoms with E-state index < -0.39 is 11.5 Å². The quantitative estimate of drug-likeness (QED) is 0.470. The standard InChI is InChI=1S/C28H41N3O5.ClH/c1-2-3-15-31-26(34)24(18-21-7-5-4-6-8-21)29-27(35)28(31)13-16-30(17-14-28)19-22-9-11-23(12-10-22)36-20-25(32)33;/h9-12,21,24H,2-8,13-20H2,1H3,(H,29,35)(H,32,33);1H/t24-;/m0./s1. The SMILES string of the molecule is CCCCN1C(=O)[C@H](CC2CCCCC2)NC(=O)C12CCN(Cc1ccc(OCC(=O)O)cc1)CC2.Cl. The predicted molar refractivity (Wildman–Crippen MR) is 144 cm³/mol. The first kappa shape index (κ1) is 29.2. The number of aliphatic carboxylic acids is 1. The van der Waals surface area contributed by atoms with Crippen molar-refractivity contribution in [3.63, 3.8) is 0 Å². The Hall–Kier alpha value is -2.32. The molecule has 2 N–H and O–H groups in total. The minimum atomic E-state index is -1.00. The molecular formula is C28H42ClN3O5. The van der Waals surface area contributed by atoms with Crippen LogP contribution in [-0.2, 0) is 20.9 Å². The van der Waals surface area contributed by atoms with E-state index in [0.717, 1.165) is 44.5 Å². The zero-order valence-electron chi connectivity index (χ0n) is 22.0. The zero-order valence-corrected chi connectivity index (χ0v) is 22.8. The molecule has 2 aliphatic heterocycles. The summed E-state index contributed by atoms with van der Waals surface area (Å²) in [6.45, 7) is 4.65. The summed E-state index contributed by atoms with van der Waals surface area (Å²) in [5, 5.41) is 11.9. The monoisotopic (exact) mass is 535 g/mol. The fourth-order valence-electron chi connectivity index (χ4n) is 6.10. The average Bonchev–Trinajstić information content (AvgIpc) is 2.88. The van der Waals surface area contributed by atoms with Crippen molar-refractivity contribution in [3.05, 3.63) is 29.8 Å². The maximum absolute atomic E-state index is 13.7. The number of hydrogen-bond donors (Lipinski definition) is 2. The second-order valence-electron chi connectivity index (χ2n) is 10.7. The van der Waals surface area contributed by atoms with E-state index in [2.05, 4.69) is 17.1 Å². The van der Waals surface area contributed by atoms with Gasteiger partial charge in [0.25, 0.3) is 0 Å². The number of nitrogens with zero attached hydrogens (tertiary/aromatic N) is 2. The normalized spacial score (nSPS) is 22.4. The Balaban J connectivity index is 0.00000380. The molecule has 2 saturated heterocycles. The maximum Gasteiger partial charge on any atom is 0.341 e. The van der Waals surface area contributed by atoms with Crippen LogP contribution in [0.3, 0.4) is 0 Å². The van der Waals surface area contributed by atoms with E-state index in [0.29, 0.717) is 31.1 Å². The highest BCUT2D eigenvalue weighted by Gasteiger charge is 2.53. The molecule has 0 radical (unpaired) electrons. The van der Waals surface area contributed by atoms with Crippen LogP contribution in [0.15, 0.2) is 24.3 Å². The lowest BCUT2D eigenvalue weighted by molar-refractivity contribution is -0.162. The van der Waals surface area contributed by atoms with Crippen molar-refractivity contribution in [1.29, 1.82) is 0 Å². The Morgan fingerprint density at radius 1 is 1.11 bits per heavy atom. The fourth-order valence-corrected chi connectivity index (χ4v) is 6.10. The van der Waals surface area contributed by atoms with Gasteiger partial charge in [0.1, 0.15) is 17.3 Å². The molecule has 3 aliphatic rings. The molecule has 1 aromatic rings. The molecule has 8 nitrogen and oxygen atoms in total. The summed E-state index contributed by atoms with van der Waals surface area (Å²) in [7, 11) is 0. The number of amides is 2. The molecule has 1 saturated carbocycles. The first-order valence-corrected chi connectivity index (χ1v) is 13.7. The lowest BCUT2D eigenvalue weighted by atomic mass is 9.79. The topological polar surface area (TPSA) is 99.2 Å². The van der Waals surface area contributed by atoms with Crippen molar-refractivity contribution in [1.82, 2.24) is 15.1 Å². The third-order valence-electron chi connectivity index (χ3n) is 8.21. The van der Waals surface area contributed by atoms with E-state index >= 15 is 0 Å². The number of hydrogen-bond acceptors (Lipinski definition) is 5. The summed E-state index contributed by atoms with van der Waals surface area (Å²) in [5.41, 5.74) is 0.369. The molecule has 0 aromatic heterocycles. The molecule has 1 atom stereocenters. The highest BCUT2D eigenvalue weighted by Crippen LogP contribution is 2.36. The first-order chi connectivity index (χ1) is 17.4. The van der Waals surface area contributed by atoms with Gasteiger partial charge in [-0.2, -0.15) is 0 Å². The largest absolute Gasteiger partial charge is 0.482 e. The number of benzene rings is 1. The minimum Gasteiger partial charge on any atom is -0.482 e. The second kappa shape index (κ2) is 13.5. The number of halogens is 1. The number of carboxylic acid groups (broad SMARTS) is 1. The van der Waals surface area contributed by atoms with E-state index in [9.17, 15) is 14.4 Å². The van der Waals surface area contributed by atoms with Crippen molar-refractivity contribution in [2.45, 2.75) is 89.3 Å². The van der Waals surface area contributed by atoms with Crippen LogP contribution in [0.1, 0.15) is 76.7 Å². The fraction of sp³-hybridized carbons (Fsp3) is 0.679. The number of piperazine rings is 1. The third kappa shape index (κ3) is 7.17. The minimum absolute atomic E-state index is 0. The second-order valence-corrected chi connectivity index (χ2v) is 10.7. The smallest absolute Gasteiger partial charge is 0.341 e. The van der Waals surface area contributed by atoms with E-state index in [-0.39, 0.29) is 36.9 Å². The van der Waals surface area contributed by atoms with Crippen LogP contribution in [-0.4, -0.2) is 70.5 Å². The van der Waals surface area contributed by atoms with Gasteiger partial charge >= 0.3 is 5.97 Å². The lowest BCUT2D eigenvalue weighted by Crippen LogP contribution is -2.73. The molecule has 1 aliphatic carbocycles. The number of ether oxygens (including phenoxy) is 1. The Morgan fingerprint density at radius 2 is 1.78 bits per heavy atom. The molecule has 2 heterocycles. The van der Waals surface area contributed by atoms with E-state index in [4.69, 9.17) is 9.84 Å². The van der Waals surface area contributed by atoms with Crippen LogP contribution in [0.25, 0.3) is 0 Å². The molecule has 0 bridgehead atoms. The van der Waals surface area contributed by atoms with Crippen LogP contribution in [0.2, 0.25) is 0 Å². The summed E-state index contributed by atoms with van der Waals surface area (Å²) in [6.07, 6.45) is 10.1. The highest BCUT2D eigenvalue weighted by atomic mass is 35.5. The molecular weight excluding hydrogens is 494 g/mol. The van der Waals surface area contributed by atoms with Crippen molar-refractivity contribution in [2.24, 2.45) is 5.92 Å². The van der Waals surface area contributed by atoms with Gasteiger partial charge in [-0.05, 0) is 49.3 Å². The summed E-state index contributed by atoms with van der Waals surface area (Å²) in [5.74, 6) is 0.237. The Kier molecular flexibility index (Phi) is 10.6. The molecule has 2 amide bonds. The number of carbonyl (C=O) groups is 3. The number of carbonyl (C=O) groups excluding carboxylic acids is 2. The van der Waals surface area contributed by atoms with E-state index in [1.807, 2.05) is 17.0 Å². The van der Waals surface area contributed by atoms with Gasteiger partial charge in [0.15, 0.2) is 6.61 Å². The summed E-state index contributed by atoms with van der Waals surface area (Å²) >= 11 is 0. The van der Waals surface area contributed by atoms with Gasteiger partial charge in [0, 0.05) is 26.2 Å². The van der Waals surface area contributed by atoms with E-state index in [1.54, 1.807) is 12.1 Å². The Morgan fingerprint density at radius 3 is 2.41 bits per heavy atom. The van der Waals surface area contributed by atoms with Crippen LogP contribution in [0, 0.1) is 5.92 Å². The number of piperidine rings is 1. The maximum atomic E-state index is 13.7. The van der Waals surface area contributed by atoms with Gasteiger partial charge in [-0.15, -0.1) is 12.4 Å². The van der Waals surface area contributed by atoms with Gasteiger partial charge in [-0.25, -0.2) is 4.79 Å². The third-order valence-corrected chi connectivity index (χ3v) is 8.21. The van der Waals surface area contributed by atoms with E-state index in [1.165, 1.54) is 32.1 Å². The number of nitrogens with one attached hydrogen (secondary N) is 1. The summed E-state index contributed by atoms with van der Waals surface area (Å²) < 4.78 is 5.21. The average molecular weight is 536 g/mol. The van der Waals surface area contributed by atoms with Crippen molar-refractivity contribution in [3.8, 4) is 5.75 Å². The van der Waals surface area contributed by atoms with Crippen LogP contribution in [0.4, 0.5) is 0 Å². The van der Waals surface area contributed by atoms with Gasteiger partial charge in [0.2, 0.25) is 11.8 Å². The Labute approximate surface area is 226 Å². The number of unbranched alkanes of at least 4 members (excludes halogenated alkanes) is 1. The van der Waals surface area contributed by atoms with Crippen molar-refractivity contribution in [2.75, 3.05) is 26.2 Å². The van der Waals surface area contributed by atoms with Gasteiger partial charge < -0.3 is 20.1 Å². The van der Waals surface area contributed by atoms with Gasteiger partial charge in [-0.3, -0.25) is 14.5 Å². The lowest BCUT2D eigenvalue weighted by Gasteiger charge is -2.52. The zero-order chi connectivity index (χ0) is 25.5. The number of rotatable bonds is 10. The van der Waals surface area contributed by atoms with Crippen molar-refractivity contribution >= 4 is 30.2 Å². The van der Waals surface area contributed by atoms with Gasteiger partial charge in [0.05, 0.1) is 0 Å². The summed E-state index contributed by atoms with van der Waals surface area (Å²) in [4.78, 5) is 42.2. The first-order valence-electron chi connectivity index (χ1n) is 13.7. The molecule has 0 unspecified atom stereocenters. The summed E-state index contributed by atoms with van der Waals surface area (Å²) in [6, 6.07) is 7.10. The van der Waals surface area contributed by atoms with Crippen LogP contribution < -0.4 is 10.1 Å². The highest BCUT2D eigenvalue weighted by molar-refractivity contribution is 6.00. The molecule has 4 rings (SSSR count). The van der Waals surface area contributed by atoms with Gasteiger partial charge in [-0.1, -0.05) is 57.6 Å². The van der Waals surface area contributed by atoms with Crippen molar-refractivity contribution < 1.29 is 24.2 Å². The van der Waals surface area contributed by atoms with Crippen LogP contribution in [0.5, 0.6) is 5.75 Å². The number of likely N-dealkylation sites (tertiary alicyclic amines) is 1.